The Balaban J connectivity index is 2.14. The van der Waals surface area contributed by atoms with Gasteiger partial charge in [-0.05, 0) is 23.8 Å². The molecule has 0 bridgehead atoms. The van der Waals surface area contributed by atoms with Crippen molar-refractivity contribution in [3.8, 4) is 5.75 Å². The molecule has 2 N–H and O–H groups in total. The zero-order valence-corrected chi connectivity index (χ0v) is 9.95. The first-order chi connectivity index (χ1) is 8.97. The van der Waals surface area contributed by atoms with Crippen molar-refractivity contribution in [1.82, 2.24) is 0 Å². The summed E-state index contributed by atoms with van der Waals surface area (Å²) >= 11 is 0. The predicted octanol–water partition coefficient (Wildman–Crippen LogP) is 3.87. The molecule has 0 aliphatic heterocycles. The van der Waals surface area contributed by atoms with Gasteiger partial charge in [-0.3, -0.25) is 0 Å². The summed E-state index contributed by atoms with van der Waals surface area (Å²) in [5.41, 5.74) is 5.01. The molecule has 2 aromatic carbocycles. The van der Waals surface area contributed by atoms with Crippen LogP contribution in [0.1, 0.15) is 11.1 Å². The summed E-state index contributed by atoms with van der Waals surface area (Å²) in [4.78, 5) is 0. The van der Waals surface area contributed by atoms with Crippen molar-refractivity contribution in [3.63, 3.8) is 0 Å². The Labute approximate surface area is 108 Å². The summed E-state index contributed by atoms with van der Waals surface area (Å²) in [6, 6.07) is 12.7. The Kier molecular flexibility index (Phi) is 3.64. The molecule has 0 atom stereocenters. The largest absolute Gasteiger partial charge is 0.489 e. The second-order valence-electron chi connectivity index (χ2n) is 4.02. The van der Waals surface area contributed by atoms with Gasteiger partial charge >= 0.3 is 6.18 Å². The number of nitrogens with two attached hydrogens (primary N) is 1. The van der Waals surface area contributed by atoms with Crippen LogP contribution >= 0.6 is 0 Å². The highest BCUT2D eigenvalue weighted by molar-refractivity contribution is 5.52. The number of anilines is 1. The molecule has 5 heteroatoms. The summed E-state index contributed by atoms with van der Waals surface area (Å²) in [5.74, 6) is 0.144. The molecule has 2 nitrogen and oxygen atoms in total. The van der Waals surface area contributed by atoms with E-state index in [1.54, 1.807) is 0 Å². The minimum atomic E-state index is -4.48. The van der Waals surface area contributed by atoms with E-state index in [0.29, 0.717) is 0 Å². The van der Waals surface area contributed by atoms with E-state index in [2.05, 4.69) is 0 Å². The molecular formula is C14H12F3NO. The lowest BCUT2D eigenvalue weighted by atomic mass is 10.1. The number of rotatable bonds is 3. The summed E-state index contributed by atoms with van der Waals surface area (Å²) < 4.78 is 43.3. The van der Waals surface area contributed by atoms with E-state index in [1.165, 1.54) is 12.1 Å². The Hall–Kier alpha value is -2.17. The van der Waals surface area contributed by atoms with Crippen molar-refractivity contribution in [2.24, 2.45) is 0 Å². The molecule has 0 heterocycles. The highest BCUT2D eigenvalue weighted by Crippen LogP contribution is 2.35. The predicted molar refractivity (Wildman–Crippen MR) is 66.6 cm³/mol. The SMILES string of the molecule is Nc1ccc(OCc2ccccc2)cc1C(F)(F)F. The smallest absolute Gasteiger partial charge is 0.418 e. The van der Waals surface area contributed by atoms with Crippen LogP contribution in [0.4, 0.5) is 18.9 Å². The van der Waals surface area contributed by atoms with E-state index in [0.717, 1.165) is 11.6 Å². The van der Waals surface area contributed by atoms with Crippen LogP contribution < -0.4 is 10.5 Å². The molecule has 0 spiro atoms. The average Bonchev–Trinajstić information content (AvgIpc) is 2.37. The standard InChI is InChI=1S/C14H12F3NO/c15-14(16,17)12-8-11(6-7-13(12)18)19-9-10-4-2-1-3-5-10/h1-8H,9,18H2. The fourth-order valence-electron chi connectivity index (χ4n) is 1.61. The van der Waals surface area contributed by atoms with Crippen molar-refractivity contribution >= 4 is 5.69 Å². The molecular weight excluding hydrogens is 255 g/mol. The average molecular weight is 267 g/mol. The molecule has 0 saturated carbocycles. The molecule has 0 fully saturated rings. The van der Waals surface area contributed by atoms with Gasteiger partial charge in [0.1, 0.15) is 12.4 Å². The van der Waals surface area contributed by atoms with Crippen LogP contribution in [0, 0.1) is 0 Å². The minimum absolute atomic E-state index is 0.144. The normalized spacial score (nSPS) is 11.3. The number of hydrogen-bond acceptors (Lipinski definition) is 2. The van der Waals surface area contributed by atoms with Gasteiger partial charge in [0.05, 0.1) is 5.56 Å². The summed E-state index contributed by atoms with van der Waals surface area (Å²) in [5, 5.41) is 0. The zero-order chi connectivity index (χ0) is 13.9. The van der Waals surface area contributed by atoms with E-state index in [-0.39, 0.29) is 18.0 Å². The van der Waals surface area contributed by atoms with Crippen molar-refractivity contribution in [2.75, 3.05) is 5.73 Å². The molecule has 2 aromatic rings. The topological polar surface area (TPSA) is 35.2 Å². The lowest BCUT2D eigenvalue weighted by Gasteiger charge is -2.12. The van der Waals surface area contributed by atoms with Crippen LogP contribution in [0.25, 0.3) is 0 Å². The van der Waals surface area contributed by atoms with Crippen molar-refractivity contribution < 1.29 is 17.9 Å². The van der Waals surface area contributed by atoms with E-state index < -0.39 is 11.7 Å². The summed E-state index contributed by atoms with van der Waals surface area (Å²) in [6.45, 7) is 0.210. The molecule has 19 heavy (non-hydrogen) atoms. The molecule has 0 aliphatic carbocycles. The van der Waals surface area contributed by atoms with E-state index in [4.69, 9.17) is 10.5 Å². The second-order valence-corrected chi connectivity index (χ2v) is 4.02. The number of ether oxygens (including phenoxy) is 1. The maximum Gasteiger partial charge on any atom is 0.418 e. The number of benzene rings is 2. The van der Waals surface area contributed by atoms with Gasteiger partial charge in [0.25, 0.3) is 0 Å². The first-order valence-electron chi connectivity index (χ1n) is 5.60. The van der Waals surface area contributed by atoms with Crippen LogP contribution in [0.2, 0.25) is 0 Å². The van der Waals surface area contributed by atoms with Gasteiger partial charge in [-0.15, -0.1) is 0 Å². The van der Waals surface area contributed by atoms with Gasteiger partial charge in [-0.25, -0.2) is 0 Å². The molecule has 0 amide bonds. The Morgan fingerprint density at radius 3 is 2.32 bits per heavy atom. The Morgan fingerprint density at radius 2 is 1.68 bits per heavy atom. The van der Waals surface area contributed by atoms with Gasteiger partial charge < -0.3 is 10.5 Å². The fourth-order valence-corrected chi connectivity index (χ4v) is 1.61. The maximum atomic E-state index is 12.7. The Morgan fingerprint density at radius 1 is 1.00 bits per heavy atom. The fraction of sp³-hybridized carbons (Fsp3) is 0.143. The molecule has 0 unspecified atom stereocenters. The second kappa shape index (κ2) is 5.22. The maximum absolute atomic E-state index is 12.7. The third-order valence-corrected chi connectivity index (χ3v) is 2.58. The molecule has 100 valence electrons. The van der Waals surface area contributed by atoms with Crippen LogP contribution in [0.5, 0.6) is 5.75 Å². The molecule has 0 aromatic heterocycles. The van der Waals surface area contributed by atoms with Crippen LogP contribution in [-0.2, 0) is 12.8 Å². The molecule has 0 radical (unpaired) electrons. The van der Waals surface area contributed by atoms with E-state index in [1.807, 2.05) is 30.3 Å². The van der Waals surface area contributed by atoms with Gasteiger partial charge in [0.15, 0.2) is 0 Å². The monoisotopic (exact) mass is 267 g/mol. The quantitative estimate of drug-likeness (QED) is 0.857. The molecule has 0 aliphatic rings. The third kappa shape index (κ3) is 3.40. The lowest BCUT2D eigenvalue weighted by Crippen LogP contribution is -2.09. The van der Waals surface area contributed by atoms with E-state index >= 15 is 0 Å². The lowest BCUT2D eigenvalue weighted by molar-refractivity contribution is -0.137. The minimum Gasteiger partial charge on any atom is -0.489 e. The molecule has 0 saturated heterocycles. The van der Waals surface area contributed by atoms with Gasteiger partial charge in [-0.2, -0.15) is 13.2 Å². The van der Waals surface area contributed by atoms with Crippen molar-refractivity contribution in [3.05, 3.63) is 59.7 Å². The first-order valence-corrected chi connectivity index (χ1v) is 5.60. The van der Waals surface area contributed by atoms with Gasteiger partial charge in [0.2, 0.25) is 0 Å². The number of halogens is 3. The van der Waals surface area contributed by atoms with Gasteiger partial charge in [0, 0.05) is 5.69 Å². The summed E-state index contributed by atoms with van der Waals surface area (Å²) in [7, 11) is 0. The van der Waals surface area contributed by atoms with E-state index in [9.17, 15) is 13.2 Å². The molecule has 2 rings (SSSR count). The van der Waals surface area contributed by atoms with Crippen LogP contribution in [-0.4, -0.2) is 0 Å². The third-order valence-electron chi connectivity index (χ3n) is 2.58. The van der Waals surface area contributed by atoms with Crippen molar-refractivity contribution in [2.45, 2.75) is 12.8 Å². The van der Waals surface area contributed by atoms with Crippen LogP contribution in [0.3, 0.4) is 0 Å². The first kappa shape index (κ1) is 13.3. The van der Waals surface area contributed by atoms with Gasteiger partial charge in [-0.1, -0.05) is 30.3 Å². The number of hydrogen-bond donors (Lipinski definition) is 1. The summed E-state index contributed by atoms with van der Waals surface area (Å²) in [6.07, 6.45) is -4.48. The van der Waals surface area contributed by atoms with Crippen molar-refractivity contribution in [1.29, 1.82) is 0 Å². The highest BCUT2D eigenvalue weighted by Gasteiger charge is 2.33. The Bertz CT molecular complexity index is 552. The highest BCUT2D eigenvalue weighted by atomic mass is 19.4. The van der Waals surface area contributed by atoms with Crippen LogP contribution in [0.15, 0.2) is 48.5 Å². The number of alkyl halides is 3. The number of nitrogen functional groups attached to an aromatic ring is 1. The zero-order valence-electron chi connectivity index (χ0n) is 9.95.